The molecule has 0 saturated carbocycles. The Morgan fingerprint density at radius 1 is 0.281 bits per heavy atom. The number of fused-ring (bicyclic) bond motifs is 2. The minimum atomic E-state index is 1.27. The summed E-state index contributed by atoms with van der Waals surface area (Å²) in [6.07, 6.45) is 0. The molecule has 0 heteroatoms. The molecular weight excluding hydrogens is 384 g/mol. The number of benzene rings is 3. The highest BCUT2D eigenvalue weighted by atomic mass is 14.2. The predicted molar refractivity (Wildman–Crippen MR) is 139 cm³/mol. The van der Waals surface area contributed by atoms with Crippen molar-refractivity contribution < 1.29 is 0 Å². The smallest absolute Gasteiger partial charge is 0.00199 e. The number of rotatable bonds is 2. The summed E-state index contributed by atoms with van der Waals surface area (Å²) in [6, 6.07) is 44.2. The molecule has 0 aromatic heterocycles. The lowest BCUT2D eigenvalue weighted by Gasteiger charge is -2.03. The van der Waals surface area contributed by atoms with Crippen molar-refractivity contribution in [2.24, 2.45) is 0 Å². The molecule has 0 nitrogen and oxygen atoms in total. The van der Waals surface area contributed by atoms with Gasteiger partial charge in [0.15, 0.2) is 0 Å². The highest BCUT2D eigenvalue weighted by Gasteiger charge is 2.19. The lowest BCUT2D eigenvalue weighted by molar-refractivity contribution is 1.69. The van der Waals surface area contributed by atoms with Crippen LogP contribution in [-0.4, -0.2) is 0 Å². The highest BCUT2D eigenvalue weighted by Crippen LogP contribution is 2.47. The van der Waals surface area contributed by atoms with Gasteiger partial charge in [0.2, 0.25) is 0 Å². The van der Waals surface area contributed by atoms with Gasteiger partial charge in [0.05, 0.1) is 0 Å². The van der Waals surface area contributed by atoms with Gasteiger partial charge in [-0.1, -0.05) is 109 Å². The Bertz CT molecular complexity index is 1610. The van der Waals surface area contributed by atoms with Gasteiger partial charge in [-0.05, 0) is 77.5 Å². The molecule has 0 aliphatic heterocycles. The monoisotopic (exact) mass is 404 g/mol. The maximum atomic E-state index is 2.41. The van der Waals surface area contributed by atoms with Crippen LogP contribution in [0.5, 0.6) is 0 Å². The molecule has 0 amide bonds. The van der Waals surface area contributed by atoms with Crippen LogP contribution < -0.4 is 0 Å². The first-order valence-corrected chi connectivity index (χ1v) is 11.1. The van der Waals surface area contributed by atoms with Crippen LogP contribution in [0.1, 0.15) is 0 Å². The van der Waals surface area contributed by atoms with Gasteiger partial charge < -0.3 is 0 Å². The summed E-state index contributed by atoms with van der Waals surface area (Å²) in [5.41, 5.74) is 5.15. The molecule has 0 N–H and O–H groups in total. The van der Waals surface area contributed by atoms with Crippen LogP contribution in [0.15, 0.2) is 121 Å². The summed E-state index contributed by atoms with van der Waals surface area (Å²) < 4.78 is 0. The van der Waals surface area contributed by atoms with E-state index in [-0.39, 0.29) is 0 Å². The summed E-state index contributed by atoms with van der Waals surface area (Å²) in [7, 11) is 0. The maximum Gasteiger partial charge on any atom is -0.00199 e. The second kappa shape index (κ2) is 6.67. The summed E-state index contributed by atoms with van der Waals surface area (Å²) in [4.78, 5) is 0. The van der Waals surface area contributed by atoms with Gasteiger partial charge in [-0.2, -0.15) is 0 Å². The summed E-state index contributed by atoms with van der Waals surface area (Å²) >= 11 is 0. The normalized spacial score (nSPS) is 11.8. The largest absolute Gasteiger partial charge is 0.0622 e. The number of hydrogen-bond donors (Lipinski definition) is 0. The zero-order chi connectivity index (χ0) is 21.1. The average Bonchev–Trinajstić information content (AvgIpc) is 3.22. The quantitative estimate of drug-likeness (QED) is 0.269. The third-order valence-electron chi connectivity index (χ3n) is 6.80. The van der Waals surface area contributed by atoms with E-state index in [0.717, 1.165) is 0 Å². The molecule has 0 heterocycles. The van der Waals surface area contributed by atoms with Crippen molar-refractivity contribution in [1.29, 1.82) is 0 Å². The first-order valence-electron chi connectivity index (χ1n) is 11.1. The Morgan fingerprint density at radius 3 is 1.03 bits per heavy atom. The van der Waals surface area contributed by atoms with Crippen LogP contribution in [0.3, 0.4) is 0 Å². The van der Waals surface area contributed by atoms with E-state index in [1.54, 1.807) is 0 Å². The first-order chi connectivity index (χ1) is 15.9. The van der Waals surface area contributed by atoms with Gasteiger partial charge in [0.1, 0.15) is 0 Å². The van der Waals surface area contributed by atoms with E-state index >= 15 is 0 Å². The van der Waals surface area contributed by atoms with E-state index in [0.29, 0.717) is 0 Å². The SMILES string of the molecule is c1ccc(-c2cc3c4cc(-c5ccccc5)c5ccccc(c6ccccc2c63)c54)cc1. The summed E-state index contributed by atoms with van der Waals surface area (Å²) in [5.74, 6) is 0. The Labute approximate surface area is 186 Å². The van der Waals surface area contributed by atoms with Gasteiger partial charge in [-0.15, -0.1) is 0 Å². The van der Waals surface area contributed by atoms with Crippen molar-refractivity contribution in [3.05, 3.63) is 121 Å². The molecule has 148 valence electrons. The average molecular weight is 405 g/mol. The van der Waals surface area contributed by atoms with Gasteiger partial charge in [-0.25, -0.2) is 0 Å². The Balaban J connectivity index is 1.75. The minimum absolute atomic E-state index is 1.27. The molecule has 0 fully saturated rings. The molecule has 0 radical (unpaired) electrons. The zero-order valence-electron chi connectivity index (χ0n) is 17.5. The molecule has 7 rings (SSSR count). The molecule has 0 unspecified atom stereocenters. The van der Waals surface area contributed by atoms with Gasteiger partial charge in [0.25, 0.3) is 0 Å². The molecule has 7 aromatic rings. The molecule has 0 saturated heterocycles. The molecule has 0 bridgehead atoms. The Kier molecular flexibility index (Phi) is 3.65. The van der Waals surface area contributed by atoms with Crippen LogP contribution in [-0.2, 0) is 0 Å². The van der Waals surface area contributed by atoms with Crippen LogP contribution in [0, 0.1) is 0 Å². The van der Waals surface area contributed by atoms with E-state index in [4.69, 9.17) is 0 Å². The maximum absolute atomic E-state index is 2.41. The van der Waals surface area contributed by atoms with Gasteiger partial charge >= 0.3 is 0 Å². The summed E-state index contributed by atoms with van der Waals surface area (Å²) in [5, 5.41) is 10.7. The topological polar surface area (TPSA) is 0 Å². The number of hydrogen-bond acceptors (Lipinski definition) is 0. The van der Waals surface area contributed by atoms with E-state index in [1.165, 1.54) is 65.3 Å². The molecule has 7 aromatic carbocycles. The first kappa shape index (κ1) is 17.5. The third-order valence-corrected chi connectivity index (χ3v) is 6.80. The third kappa shape index (κ3) is 2.38. The van der Waals surface area contributed by atoms with Crippen molar-refractivity contribution >= 4 is 43.1 Å². The fourth-order valence-electron chi connectivity index (χ4n) is 5.44. The minimum Gasteiger partial charge on any atom is -0.0622 e. The van der Waals surface area contributed by atoms with Crippen molar-refractivity contribution in [3.8, 4) is 22.3 Å². The summed E-state index contributed by atoms with van der Waals surface area (Å²) in [6.45, 7) is 0. The Hall–Kier alpha value is -4.16. The molecule has 0 aliphatic carbocycles. The zero-order valence-corrected chi connectivity index (χ0v) is 17.5. The lowest BCUT2D eigenvalue weighted by Crippen LogP contribution is -1.74. The van der Waals surface area contributed by atoms with Crippen LogP contribution >= 0.6 is 0 Å². The molecule has 0 atom stereocenters. The van der Waals surface area contributed by atoms with E-state index in [9.17, 15) is 0 Å². The van der Waals surface area contributed by atoms with Crippen molar-refractivity contribution in [2.45, 2.75) is 0 Å². The van der Waals surface area contributed by atoms with Crippen LogP contribution in [0.25, 0.3) is 65.3 Å². The van der Waals surface area contributed by atoms with E-state index < -0.39 is 0 Å². The fourth-order valence-corrected chi connectivity index (χ4v) is 5.44. The van der Waals surface area contributed by atoms with Crippen LogP contribution in [0.2, 0.25) is 0 Å². The fraction of sp³-hybridized carbons (Fsp3) is 0. The van der Waals surface area contributed by atoms with Gasteiger partial charge in [0, 0.05) is 0 Å². The Morgan fingerprint density at radius 2 is 0.625 bits per heavy atom. The van der Waals surface area contributed by atoms with E-state index in [2.05, 4.69) is 121 Å². The second-order valence-electron chi connectivity index (χ2n) is 8.52. The van der Waals surface area contributed by atoms with Crippen molar-refractivity contribution in [1.82, 2.24) is 0 Å². The molecular formula is C32H20. The van der Waals surface area contributed by atoms with Crippen LogP contribution in [0.4, 0.5) is 0 Å². The molecule has 0 aliphatic rings. The van der Waals surface area contributed by atoms with Crippen molar-refractivity contribution in [3.63, 3.8) is 0 Å². The van der Waals surface area contributed by atoms with E-state index in [1.807, 2.05) is 0 Å². The molecule has 32 heavy (non-hydrogen) atoms. The second-order valence-corrected chi connectivity index (χ2v) is 8.52. The highest BCUT2D eigenvalue weighted by molar-refractivity contribution is 6.37. The lowest BCUT2D eigenvalue weighted by atomic mass is 10.00. The van der Waals surface area contributed by atoms with Crippen molar-refractivity contribution in [2.75, 3.05) is 0 Å². The standard InChI is InChI=1S/C32H20/c1-3-11-21(12-4-1)27-19-29-30-20-28(22-13-5-2-6-14-22)26-18-10-8-16-24(32(26)30)23-15-7-9-17-25(27)31(23)29/h1-20H. The van der Waals surface area contributed by atoms with Gasteiger partial charge in [-0.3, -0.25) is 0 Å². The molecule has 0 spiro atoms. The predicted octanol–water partition coefficient (Wildman–Crippen LogP) is 9.07.